The summed E-state index contributed by atoms with van der Waals surface area (Å²) in [6.45, 7) is 0. The number of nitrogens with zero attached hydrogens (tertiary/aromatic N) is 1. The van der Waals surface area contributed by atoms with E-state index in [0.717, 1.165) is 55.5 Å². The Bertz CT molecular complexity index is 2890. The lowest BCUT2D eigenvalue weighted by molar-refractivity contribution is 0.669. The zero-order valence-electron chi connectivity index (χ0n) is 29.6. The van der Waals surface area contributed by atoms with Crippen molar-refractivity contribution in [2.75, 3.05) is 4.90 Å². The third kappa shape index (κ3) is 5.81. The number of fused-ring (bicyclic) bond motifs is 4. The summed E-state index contributed by atoms with van der Waals surface area (Å²) < 4.78 is 6.21. The Labute approximate surface area is 314 Å². The van der Waals surface area contributed by atoms with Gasteiger partial charge >= 0.3 is 0 Å². The fourth-order valence-corrected chi connectivity index (χ4v) is 7.70. The van der Waals surface area contributed by atoms with Crippen molar-refractivity contribution in [1.29, 1.82) is 0 Å². The first-order chi connectivity index (χ1) is 26.7. The highest BCUT2D eigenvalue weighted by molar-refractivity contribution is 6.10. The number of benzene rings is 9. The molecule has 1 aromatic heterocycles. The molecular weight excluding hydrogens is 655 g/mol. The van der Waals surface area contributed by atoms with Crippen LogP contribution in [-0.2, 0) is 0 Å². The monoisotopic (exact) mass is 689 g/mol. The normalized spacial score (nSPS) is 11.3. The molecule has 1 heterocycles. The molecule has 54 heavy (non-hydrogen) atoms. The predicted molar refractivity (Wildman–Crippen MR) is 228 cm³/mol. The maximum absolute atomic E-state index is 6.21. The Morgan fingerprint density at radius 2 is 0.778 bits per heavy atom. The van der Waals surface area contributed by atoms with E-state index in [4.69, 9.17) is 4.42 Å². The average Bonchev–Trinajstić information content (AvgIpc) is 3.61. The Morgan fingerprint density at radius 3 is 1.39 bits per heavy atom. The molecule has 0 aliphatic heterocycles. The van der Waals surface area contributed by atoms with E-state index in [9.17, 15) is 0 Å². The highest BCUT2D eigenvalue weighted by atomic mass is 16.3. The number of para-hydroxylation sites is 2. The number of hydrogen-bond donors (Lipinski definition) is 0. The van der Waals surface area contributed by atoms with Crippen molar-refractivity contribution in [2.24, 2.45) is 0 Å². The zero-order chi connectivity index (χ0) is 35.8. The van der Waals surface area contributed by atoms with Gasteiger partial charge in [0.05, 0.1) is 5.69 Å². The first kappa shape index (κ1) is 31.6. The highest BCUT2D eigenvalue weighted by Gasteiger charge is 2.18. The van der Waals surface area contributed by atoms with Crippen LogP contribution in [0.3, 0.4) is 0 Å². The van der Waals surface area contributed by atoms with Crippen LogP contribution in [0, 0.1) is 0 Å². The molecule has 0 bridgehead atoms. The predicted octanol–water partition coefficient (Wildman–Crippen LogP) is 14.9. The fourth-order valence-electron chi connectivity index (χ4n) is 7.70. The van der Waals surface area contributed by atoms with Crippen molar-refractivity contribution in [3.8, 4) is 44.5 Å². The summed E-state index contributed by atoms with van der Waals surface area (Å²) in [5.74, 6) is 0. The van der Waals surface area contributed by atoms with E-state index in [1.54, 1.807) is 0 Å². The van der Waals surface area contributed by atoms with Crippen LogP contribution in [0.15, 0.2) is 217 Å². The molecule has 0 aliphatic carbocycles. The van der Waals surface area contributed by atoms with Crippen LogP contribution in [-0.4, -0.2) is 0 Å². The maximum atomic E-state index is 6.21. The smallest absolute Gasteiger partial charge is 0.136 e. The van der Waals surface area contributed by atoms with Gasteiger partial charge in [0.1, 0.15) is 11.2 Å². The van der Waals surface area contributed by atoms with Gasteiger partial charge in [0.2, 0.25) is 0 Å². The maximum Gasteiger partial charge on any atom is 0.136 e. The molecule has 0 saturated heterocycles. The summed E-state index contributed by atoms with van der Waals surface area (Å²) in [4.78, 5) is 2.38. The lowest BCUT2D eigenvalue weighted by Gasteiger charge is -2.28. The van der Waals surface area contributed by atoms with Crippen molar-refractivity contribution >= 4 is 49.8 Å². The van der Waals surface area contributed by atoms with Crippen LogP contribution in [0.1, 0.15) is 0 Å². The number of hydrogen-bond acceptors (Lipinski definition) is 2. The molecule has 0 saturated carbocycles. The minimum Gasteiger partial charge on any atom is -0.456 e. The van der Waals surface area contributed by atoms with E-state index < -0.39 is 0 Å². The van der Waals surface area contributed by atoms with Crippen LogP contribution < -0.4 is 4.90 Å². The molecule has 0 amide bonds. The molecule has 9 aromatic carbocycles. The Kier molecular flexibility index (Phi) is 7.85. The van der Waals surface area contributed by atoms with Crippen LogP contribution in [0.5, 0.6) is 0 Å². The molecule has 0 spiro atoms. The van der Waals surface area contributed by atoms with Crippen molar-refractivity contribution in [2.45, 2.75) is 0 Å². The van der Waals surface area contributed by atoms with E-state index >= 15 is 0 Å². The highest BCUT2D eigenvalue weighted by Crippen LogP contribution is 2.43. The lowest BCUT2D eigenvalue weighted by Crippen LogP contribution is -2.11. The average molecular weight is 690 g/mol. The SMILES string of the molecule is c1ccc(-c2ccc(-c3ccc(N(c4ccc(-c5ccccc5)cc4)c4ccccc4-c4ccc5cc6oc7ccccc7c6cc5c4)cc3)cc2)cc1. The second kappa shape index (κ2) is 13.4. The molecule has 2 heteroatoms. The van der Waals surface area contributed by atoms with Gasteiger partial charge in [-0.05, 0) is 104 Å². The molecule has 0 unspecified atom stereocenters. The van der Waals surface area contributed by atoms with Gasteiger partial charge in [-0.2, -0.15) is 0 Å². The molecule has 0 fully saturated rings. The molecular formula is C52H35NO. The second-order valence-corrected chi connectivity index (χ2v) is 13.8. The standard InChI is InChI=1S/C52H35NO/c1-3-11-36(12-4-1)38-19-21-39(22-20-38)41-27-31-46(32-28-41)53(45-29-25-40(26-30-45)37-13-5-2-6-14-37)50-17-9-7-15-47(50)43-24-23-42-35-52-49(34-44(42)33-43)48-16-8-10-18-51(48)54-52/h1-35H. The van der Waals surface area contributed by atoms with Gasteiger partial charge in [-0.25, -0.2) is 0 Å². The van der Waals surface area contributed by atoms with Gasteiger partial charge in [0.15, 0.2) is 0 Å². The lowest BCUT2D eigenvalue weighted by atomic mass is 9.97. The van der Waals surface area contributed by atoms with Gasteiger partial charge < -0.3 is 9.32 Å². The fraction of sp³-hybridized carbons (Fsp3) is 0. The van der Waals surface area contributed by atoms with E-state index in [1.807, 2.05) is 12.1 Å². The molecule has 254 valence electrons. The molecule has 0 N–H and O–H groups in total. The zero-order valence-corrected chi connectivity index (χ0v) is 29.6. The molecule has 10 aromatic rings. The van der Waals surface area contributed by atoms with Crippen LogP contribution in [0.4, 0.5) is 17.1 Å². The number of furan rings is 1. The number of anilines is 3. The molecule has 0 aliphatic rings. The third-order valence-corrected chi connectivity index (χ3v) is 10.5. The first-order valence-corrected chi connectivity index (χ1v) is 18.4. The second-order valence-electron chi connectivity index (χ2n) is 13.8. The van der Waals surface area contributed by atoms with Gasteiger partial charge in [-0.3, -0.25) is 0 Å². The quantitative estimate of drug-likeness (QED) is 0.166. The van der Waals surface area contributed by atoms with Gasteiger partial charge in [0, 0.05) is 27.7 Å². The van der Waals surface area contributed by atoms with Gasteiger partial charge in [-0.1, -0.05) is 158 Å². The van der Waals surface area contributed by atoms with Crippen molar-refractivity contribution in [1.82, 2.24) is 0 Å². The van der Waals surface area contributed by atoms with E-state index in [1.165, 1.54) is 38.8 Å². The summed E-state index contributed by atoms with van der Waals surface area (Å²) in [7, 11) is 0. The van der Waals surface area contributed by atoms with Crippen LogP contribution in [0.2, 0.25) is 0 Å². The van der Waals surface area contributed by atoms with Crippen molar-refractivity contribution < 1.29 is 4.42 Å². The molecule has 0 atom stereocenters. The Hall–Kier alpha value is -7.16. The van der Waals surface area contributed by atoms with Crippen LogP contribution in [0.25, 0.3) is 77.2 Å². The third-order valence-electron chi connectivity index (χ3n) is 10.5. The largest absolute Gasteiger partial charge is 0.456 e. The van der Waals surface area contributed by atoms with E-state index in [-0.39, 0.29) is 0 Å². The minimum absolute atomic E-state index is 0.914. The molecule has 0 radical (unpaired) electrons. The van der Waals surface area contributed by atoms with Gasteiger partial charge in [-0.15, -0.1) is 0 Å². The Morgan fingerprint density at radius 1 is 0.296 bits per heavy atom. The summed E-state index contributed by atoms with van der Waals surface area (Å²) in [5.41, 5.74) is 14.6. The van der Waals surface area contributed by atoms with Gasteiger partial charge in [0.25, 0.3) is 0 Å². The topological polar surface area (TPSA) is 16.4 Å². The number of rotatable bonds is 7. The van der Waals surface area contributed by atoms with E-state index in [0.29, 0.717) is 0 Å². The van der Waals surface area contributed by atoms with Crippen molar-refractivity contribution in [3.05, 3.63) is 212 Å². The van der Waals surface area contributed by atoms with Crippen molar-refractivity contribution in [3.63, 3.8) is 0 Å². The van der Waals surface area contributed by atoms with E-state index in [2.05, 4.69) is 205 Å². The Balaban J connectivity index is 1.07. The molecule has 10 rings (SSSR count). The summed E-state index contributed by atoms with van der Waals surface area (Å²) in [5, 5.41) is 4.62. The summed E-state index contributed by atoms with van der Waals surface area (Å²) >= 11 is 0. The minimum atomic E-state index is 0.914. The van der Waals surface area contributed by atoms with Crippen LogP contribution >= 0.6 is 0 Å². The summed E-state index contributed by atoms with van der Waals surface area (Å²) in [6.07, 6.45) is 0. The first-order valence-electron chi connectivity index (χ1n) is 18.4. The molecule has 2 nitrogen and oxygen atoms in total. The summed E-state index contributed by atoms with van der Waals surface area (Å²) in [6, 6.07) is 76.0.